The van der Waals surface area contributed by atoms with Crippen molar-refractivity contribution in [2.75, 3.05) is 58.0 Å². The topological polar surface area (TPSA) is 48.4 Å². The van der Waals surface area contributed by atoms with E-state index < -0.39 is 0 Å². The van der Waals surface area contributed by atoms with Crippen LogP contribution in [0.3, 0.4) is 0 Å². The Morgan fingerprint density at radius 3 is 2.59 bits per heavy atom. The lowest BCUT2D eigenvalue weighted by atomic mass is 9.97. The van der Waals surface area contributed by atoms with Gasteiger partial charge in [-0.1, -0.05) is 12.1 Å². The van der Waals surface area contributed by atoms with Gasteiger partial charge in [-0.3, -0.25) is 0 Å². The van der Waals surface area contributed by atoms with Crippen LogP contribution in [0.2, 0.25) is 0 Å². The number of rotatable bonds is 8. The molecule has 1 aliphatic heterocycles. The van der Waals surface area contributed by atoms with Gasteiger partial charge in [0.2, 0.25) is 0 Å². The number of hydrogen-bond donors (Lipinski definition) is 2. The normalized spacial score (nSPS) is 14.8. The molecular weight excluding hydrogens is 463 g/mol. The van der Waals surface area contributed by atoms with Crippen molar-refractivity contribution < 1.29 is 4.39 Å². The van der Waals surface area contributed by atoms with Crippen molar-refractivity contribution in [3.8, 4) is 16.9 Å². The SMILES string of the molecule is CNc1ccc(-c2ccc3c(CNCC4CCN(C)CC4)cn(-c4cccc(N(C)C)c4)c3n2)cc1F. The van der Waals surface area contributed by atoms with Crippen LogP contribution in [0.15, 0.2) is 60.8 Å². The zero-order valence-corrected chi connectivity index (χ0v) is 22.3. The Kier molecular flexibility index (Phi) is 7.44. The van der Waals surface area contributed by atoms with Crippen molar-refractivity contribution in [3.05, 3.63) is 72.2 Å². The average Bonchev–Trinajstić information content (AvgIpc) is 3.27. The van der Waals surface area contributed by atoms with Gasteiger partial charge in [-0.2, -0.15) is 0 Å². The Morgan fingerprint density at radius 2 is 1.86 bits per heavy atom. The fraction of sp³-hybridized carbons (Fsp3) is 0.367. The minimum Gasteiger partial charge on any atom is -0.386 e. The molecule has 0 spiro atoms. The zero-order chi connectivity index (χ0) is 25.9. The van der Waals surface area contributed by atoms with Gasteiger partial charge in [0.15, 0.2) is 0 Å². The van der Waals surface area contributed by atoms with Crippen LogP contribution in [-0.2, 0) is 6.54 Å². The molecule has 6 nitrogen and oxygen atoms in total. The van der Waals surface area contributed by atoms with Crippen LogP contribution in [0.5, 0.6) is 0 Å². The summed E-state index contributed by atoms with van der Waals surface area (Å²) in [5.74, 6) is 0.441. The lowest BCUT2D eigenvalue weighted by molar-refractivity contribution is 0.216. The molecule has 1 fully saturated rings. The smallest absolute Gasteiger partial charge is 0.146 e. The maximum Gasteiger partial charge on any atom is 0.146 e. The highest BCUT2D eigenvalue weighted by atomic mass is 19.1. The number of aromatic nitrogens is 2. The molecule has 2 aromatic heterocycles. The molecule has 1 saturated heterocycles. The van der Waals surface area contributed by atoms with Crippen molar-refractivity contribution >= 4 is 22.4 Å². The van der Waals surface area contributed by atoms with Gasteiger partial charge in [-0.25, -0.2) is 9.37 Å². The molecule has 0 bridgehead atoms. The summed E-state index contributed by atoms with van der Waals surface area (Å²) >= 11 is 0. The minimum atomic E-state index is -0.283. The van der Waals surface area contributed by atoms with E-state index >= 15 is 0 Å². The van der Waals surface area contributed by atoms with E-state index in [1.165, 1.54) is 31.5 Å². The fourth-order valence-corrected chi connectivity index (χ4v) is 5.14. The first-order valence-corrected chi connectivity index (χ1v) is 13.1. The third-order valence-electron chi connectivity index (χ3n) is 7.48. The first kappa shape index (κ1) is 25.2. The number of anilines is 2. The van der Waals surface area contributed by atoms with Crippen molar-refractivity contribution in [2.24, 2.45) is 5.92 Å². The van der Waals surface area contributed by atoms with Gasteiger partial charge >= 0.3 is 0 Å². The summed E-state index contributed by atoms with van der Waals surface area (Å²) in [6.07, 6.45) is 4.69. The molecule has 1 aliphatic rings. The lowest BCUT2D eigenvalue weighted by Crippen LogP contribution is -2.34. The van der Waals surface area contributed by atoms with Crippen LogP contribution in [-0.4, -0.2) is 62.3 Å². The van der Waals surface area contributed by atoms with Crippen LogP contribution in [0.1, 0.15) is 18.4 Å². The number of likely N-dealkylation sites (tertiary alicyclic amines) is 1. The summed E-state index contributed by atoms with van der Waals surface area (Å²) < 4.78 is 16.7. The number of nitrogens with zero attached hydrogens (tertiary/aromatic N) is 4. The number of halogens is 1. The van der Waals surface area contributed by atoms with E-state index in [-0.39, 0.29) is 5.82 Å². The Balaban J connectivity index is 1.50. The largest absolute Gasteiger partial charge is 0.386 e. The molecule has 5 rings (SSSR count). The predicted molar refractivity (Wildman–Crippen MR) is 152 cm³/mol. The number of nitrogens with one attached hydrogen (secondary N) is 2. The van der Waals surface area contributed by atoms with Crippen LogP contribution in [0.25, 0.3) is 28.0 Å². The summed E-state index contributed by atoms with van der Waals surface area (Å²) in [4.78, 5) is 9.56. The van der Waals surface area contributed by atoms with Crippen LogP contribution in [0.4, 0.5) is 15.8 Å². The standard InChI is InChI=1S/C30H37FN6/c1-32-29-10-8-22(16-27(29)31)28-11-9-26-23(19-33-18-21-12-14-36(4)15-13-21)20-37(30(26)34-28)25-7-5-6-24(17-25)35(2)3/h5-11,16-17,20-21,32-33H,12-15,18-19H2,1-4H3. The summed E-state index contributed by atoms with van der Waals surface area (Å²) in [5, 5.41) is 7.71. The highest BCUT2D eigenvalue weighted by Crippen LogP contribution is 2.30. The minimum absolute atomic E-state index is 0.283. The highest BCUT2D eigenvalue weighted by Gasteiger charge is 2.18. The first-order valence-electron chi connectivity index (χ1n) is 13.1. The maximum atomic E-state index is 14.5. The first-order chi connectivity index (χ1) is 17.9. The number of fused-ring (bicyclic) bond motifs is 1. The highest BCUT2D eigenvalue weighted by molar-refractivity contribution is 5.85. The molecule has 0 amide bonds. The Labute approximate surface area is 219 Å². The number of benzene rings is 2. The molecule has 0 saturated carbocycles. The van der Waals surface area contributed by atoms with Crippen LogP contribution < -0.4 is 15.5 Å². The van der Waals surface area contributed by atoms with Crippen molar-refractivity contribution in [1.82, 2.24) is 19.8 Å². The zero-order valence-electron chi connectivity index (χ0n) is 22.3. The fourth-order valence-electron chi connectivity index (χ4n) is 5.14. The van der Waals surface area contributed by atoms with E-state index in [2.05, 4.69) is 68.6 Å². The number of pyridine rings is 1. The van der Waals surface area contributed by atoms with E-state index in [1.54, 1.807) is 19.2 Å². The third kappa shape index (κ3) is 5.48. The monoisotopic (exact) mass is 500 g/mol. The van der Waals surface area contributed by atoms with Gasteiger partial charge in [0.05, 0.1) is 11.4 Å². The van der Waals surface area contributed by atoms with Crippen LogP contribution >= 0.6 is 0 Å². The van der Waals surface area contributed by atoms with E-state index in [0.29, 0.717) is 5.69 Å². The van der Waals surface area contributed by atoms with E-state index in [0.717, 1.165) is 52.7 Å². The average molecular weight is 501 g/mol. The Morgan fingerprint density at radius 1 is 1.05 bits per heavy atom. The predicted octanol–water partition coefficient (Wildman–Crippen LogP) is 5.37. The van der Waals surface area contributed by atoms with Gasteiger partial charge < -0.3 is 25.0 Å². The molecule has 37 heavy (non-hydrogen) atoms. The van der Waals surface area contributed by atoms with Crippen molar-refractivity contribution in [1.29, 1.82) is 0 Å². The van der Waals surface area contributed by atoms with Gasteiger partial charge in [0.1, 0.15) is 11.5 Å². The quantitative estimate of drug-likeness (QED) is 0.341. The molecule has 7 heteroatoms. The molecule has 4 aromatic rings. The third-order valence-corrected chi connectivity index (χ3v) is 7.48. The molecule has 3 heterocycles. The second-order valence-corrected chi connectivity index (χ2v) is 10.3. The molecule has 194 valence electrons. The molecule has 2 aromatic carbocycles. The molecule has 0 aliphatic carbocycles. The van der Waals surface area contributed by atoms with Crippen molar-refractivity contribution in [3.63, 3.8) is 0 Å². The van der Waals surface area contributed by atoms with Gasteiger partial charge in [0, 0.05) is 56.2 Å². The van der Waals surface area contributed by atoms with E-state index in [4.69, 9.17) is 4.98 Å². The molecular formula is C30H37FN6. The van der Waals surface area contributed by atoms with Gasteiger partial charge in [0.25, 0.3) is 0 Å². The van der Waals surface area contributed by atoms with E-state index in [1.807, 2.05) is 26.2 Å². The van der Waals surface area contributed by atoms with Gasteiger partial charge in [-0.05, 0) is 93.5 Å². The maximum absolute atomic E-state index is 14.5. The van der Waals surface area contributed by atoms with E-state index in [9.17, 15) is 4.39 Å². The van der Waals surface area contributed by atoms with Gasteiger partial charge in [-0.15, -0.1) is 0 Å². The lowest BCUT2D eigenvalue weighted by Gasteiger charge is -2.29. The molecule has 0 radical (unpaired) electrons. The summed E-state index contributed by atoms with van der Waals surface area (Å²) in [7, 11) is 8.02. The Bertz CT molecular complexity index is 1370. The summed E-state index contributed by atoms with van der Waals surface area (Å²) in [5.41, 5.74) is 6.27. The second-order valence-electron chi connectivity index (χ2n) is 10.3. The molecule has 2 N–H and O–H groups in total. The van der Waals surface area contributed by atoms with Crippen molar-refractivity contribution in [2.45, 2.75) is 19.4 Å². The second kappa shape index (κ2) is 10.9. The number of hydrogen-bond acceptors (Lipinski definition) is 5. The Hall–Kier alpha value is -3.42. The number of piperidine rings is 1. The van der Waals surface area contributed by atoms with Crippen LogP contribution in [0, 0.1) is 11.7 Å². The summed E-state index contributed by atoms with van der Waals surface area (Å²) in [6.45, 7) is 4.17. The molecule has 0 atom stereocenters. The molecule has 0 unspecified atom stereocenters. The summed E-state index contributed by atoms with van der Waals surface area (Å²) in [6, 6.07) is 17.8.